The van der Waals surface area contributed by atoms with Crippen molar-refractivity contribution in [3.63, 3.8) is 0 Å². The van der Waals surface area contributed by atoms with E-state index in [-0.39, 0.29) is 24.0 Å². The van der Waals surface area contributed by atoms with Crippen LogP contribution in [-0.2, 0) is 22.6 Å². The standard InChI is InChI=1S/C25H31N3O3/c1-18-15-27(16-19(2)31-18)17-21-7-5-20(6-8-21)14-26-25(30)22-9-11-23(12-10-22)28-13-3-4-24(28)29/h5-12,18-19H,3-4,13-17H2,1-2H3,(H,26,30). The molecular weight excluding hydrogens is 390 g/mol. The Morgan fingerprint density at radius 1 is 1.00 bits per heavy atom. The van der Waals surface area contributed by atoms with Gasteiger partial charge in [0.25, 0.3) is 5.91 Å². The Bertz CT molecular complexity index is 901. The molecule has 164 valence electrons. The number of benzene rings is 2. The summed E-state index contributed by atoms with van der Waals surface area (Å²) in [6, 6.07) is 15.7. The average molecular weight is 422 g/mol. The maximum absolute atomic E-state index is 12.5. The van der Waals surface area contributed by atoms with E-state index in [2.05, 4.69) is 48.3 Å². The number of nitrogens with one attached hydrogen (secondary N) is 1. The van der Waals surface area contributed by atoms with Crippen LogP contribution in [0.25, 0.3) is 0 Å². The zero-order chi connectivity index (χ0) is 21.8. The summed E-state index contributed by atoms with van der Waals surface area (Å²) in [4.78, 5) is 28.6. The molecule has 2 unspecified atom stereocenters. The number of amides is 2. The second-order valence-electron chi connectivity index (χ2n) is 8.65. The Hall–Kier alpha value is -2.70. The molecule has 0 saturated carbocycles. The first-order chi connectivity index (χ1) is 15.0. The number of carbonyl (C=O) groups excluding carboxylic acids is 2. The summed E-state index contributed by atoms with van der Waals surface area (Å²) in [5.74, 6) is 0.0398. The van der Waals surface area contributed by atoms with Gasteiger partial charge in [-0.05, 0) is 55.7 Å². The molecule has 2 heterocycles. The van der Waals surface area contributed by atoms with Gasteiger partial charge in [0.15, 0.2) is 0 Å². The highest BCUT2D eigenvalue weighted by Crippen LogP contribution is 2.21. The second kappa shape index (κ2) is 9.62. The predicted octanol–water partition coefficient (Wildman–Crippen LogP) is 3.35. The van der Waals surface area contributed by atoms with Crippen molar-refractivity contribution in [3.8, 4) is 0 Å². The van der Waals surface area contributed by atoms with Gasteiger partial charge in [-0.25, -0.2) is 0 Å². The van der Waals surface area contributed by atoms with Crippen LogP contribution in [0.1, 0.15) is 48.2 Å². The Labute approximate surface area is 184 Å². The highest BCUT2D eigenvalue weighted by molar-refractivity contribution is 5.97. The minimum absolute atomic E-state index is 0.111. The largest absolute Gasteiger partial charge is 0.373 e. The fourth-order valence-corrected chi connectivity index (χ4v) is 4.43. The van der Waals surface area contributed by atoms with E-state index in [9.17, 15) is 9.59 Å². The van der Waals surface area contributed by atoms with Crippen molar-refractivity contribution >= 4 is 17.5 Å². The van der Waals surface area contributed by atoms with E-state index in [1.807, 2.05) is 12.1 Å². The summed E-state index contributed by atoms with van der Waals surface area (Å²) in [5.41, 5.74) is 3.80. The molecule has 0 aromatic heterocycles. The number of ether oxygens (including phenoxy) is 1. The number of anilines is 1. The summed E-state index contributed by atoms with van der Waals surface area (Å²) >= 11 is 0. The van der Waals surface area contributed by atoms with Crippen LogP contribution in [-0.4, -0.2) is 48.6 Å². The van der Waals surface area contributed by atoms with Gasteiger partial charge in [0, 0.05) is 50.4 Å². The topological polar surface area (TPSA) is 61.9 Å². The molecule has 0 spiro atoms. The van der Waals surface area contributed by atoms with Gasteiger partial charge in [0.2, 0.25) is 5.91 Å². The van der Waals surface area contributed by atoms with Crippen LogP contribution >= 0.6 is 0 Å². The Morgan fingerprint density at radius 2 is 1.65 bits per heavy atom. The zero-order valence-electron chi connectivity index (χ0n) is 18.3. The van der Waals surface area contributed by atoms with Crippen LogP contribution < -0.4 is 10.2 Å². The molecule has 0 bridgehead atoms. The number of nitrogens with zero attached hydrogens (tertiary/aromatic N) is 2. The predicted molar refractivity (Wildman–Crippen MR) is 121 cm³/mol. The number of carbonyl (C=O) groups is 2. The molecular formula is C25H31N3O3. The minimum atomic E-state index is -0.111. The minimum Gasteiger partial charge on any atom is -0.373 e. The van der Waals surface area contributed by atoms with E-state index in [0.29, 0.717) is 18.5 Å². The van der Waals surface area contributed by atoms with Crippen molar-refractivity contribution < 1.29 is 14.3 Å². The first-order valence-electron chi connectivity index (χ1n) is 11.1. The summed E-state index contributed by atoms with van der Waals surface area (Å²) in [7, 11) is 0. The summed E-state index contributed by atoms with van der Waals surface area (Å²) < 4.78 is 5.80. The maximum Gasteiger partial charge on any atom is 0.251 e. The third kappa shape index (κ3) is 5.51. The molecule has 2 saturated heterocycles. The Morgan fingerprint density at radius 3 is 2.26 bits per heavy atom. The lowest BCUT2D eigenvalue weighted by atomic mass is 10.1. The van der Waals surface area contributed by atoms with Gasteiger partial charge in [-0.1, -0.05) is 24.3 Å². The van der Waals surface area contributed by atoms with Gasteiger partial charge in [-0.2, -0.15) is 0 Å². The monoisotopic (exact) mass is 421 g/mol. The van der Waals surface area contributed by atoms with Gasteiger partial charge in [-0.3, -0.25) is 14.5 Å². The van der Waals surface area contributed by atoms with Gasteiger partial charge >= 0.3 is 0 Å². The van der Waals surface area contributed by atoms with Crippen molar-refractivity contribution in [2.24, 2.45) is 0 Å². The van der Waals surface area contributed by atoms with Crippen molar-refractivity contribution in [1.82, 2.24) is 10.2 Å². The summed E-state index contributed by atoms with van der Waals surface area (Å²) in [5, 5.41) is 2.98. The maximum atomic E-state index is 12.5. The van der Waals surface area contributed by atoms with Crippen molar-refractivity contribution in [2.75, 3.05) is 24.5 Å². The molecule has 2 aliphatic rings. The lowest BCUT2D eigenvalue weighted by molar-refractivity contribution is -0.117. The van der Waals surface area contributed by atoms with Gasteiger partial charge in [0.05, 0.1) is 12.2 Å². The van der Waals surface area contributed by atoms with Crippen LogP contribution in [0.5, 0.6) is 0 Å². The fourth-order valence-electron chi connectivity index (χ4n) is 4.43. The molecule has 0 aliphatic carbocycles. The van der Waals surface area contributed by atoms with E-state index in [0.717, 1.165) is 43.9 Å². The lowest BCUT2D eigenvalue weighted by Gasteiger charge is -2.35. The van der Waals surface area contributed by atoms with Crippen LogP contribution in [0.2, 0.25) is 0 Å². The van der Waals surface area contributed by atoms with Crippen LogP contribution in [0, 0.1) is 0 Å². The molecule has 2 aliphatic heterocycles. The highest BCUT2D eigenvalue weighted by atomic mass is 16.5. The zero-order valence-corrected chi connectivity index (χ0v) is 18.3. The molecule has 2 aromatic rings. The Balaban J connectivity index is 1.28. The normalized spacial score (nSPS) is 22.0. The molecule has 1 N–H and O–H groups in total. The summed E-state index contributed by atoms with van der Waals surface area (Å²) in [6.45, 7) is 8.29. The molecule has 2 aromatic carbocycles. The SMILES string of the molecule is CC1CN(Cc2ccc(CNC(=O)c3ccc(N4CCCC4=O)cc3)cc2)CC(C)O1. The number of rotatable bonds is 6. The van der Waals surface area contributed by atoms with Gasteiger partial charge in [-0.15, -0.1) is 0 Å². The molecule has 2 fully saturated rings. The fraction of sp³-hybridized carbons (Fsp3) is 0.440. The van der Waals surface area contributed by atoms with Crippen LogP contribution in [0.4, 0.5) is 5.69 Å². The quantitative estimate of drug-likeness (QED) is 0.777. The van der Waals surface area contributed by atoms with Gasteiger partial charge in [0.1, 0.15) is 0 Å². The molecule has 2 atom stereocenters. The molecule has 0 radical (unpaired) electrons. The molecule has 6 nitrogen and oxygen atoms in total. The van der Waals surface area contributed by atoms with Gasteiger partial charge < -0.3 is 15.0 Å². The average Bonchev–Trinajstić information content (AvgIpc) is 3.18. The highest BCUT2D eigenvalue weighted by Gasteiger charge is 2.22. The first-order valence-corrected chi connectivity index (χ1v) is 11.1. The van der Waals surface area contributed by atoms with Crippen LogP contribution in [0.15, 0.2) is 48.5 Å². The smallest absolute Gasteiger partial charge is 0.251 e. The first kappa shape index (κ1) is 21.5. The number of morpholine rings is 1. The van der Waals surface area contributed by atoms with E-state index < -0.39 is 0 Å². The number of hydrogen-bond donors (Lipinski definition) is 1. The second-order valence-corrected chi connectivity index (χ2v) is 8.65. The van der Waals surface area contributed by atoms with Crippen molar-refractivity contribution in [3.05, 3.63) is 65.2 Å². The molecule has 2 amide bonds. The third-order valence-corrected chi connectivity index (χ3v) is 5.89. The van der Waals surface area contributed by atoms with E-state index >= 15 is 0 Å². The van der Waals surface area contributed by atoms with E-state index in [1.165, 1.54) is 5.56 Å². The third-order valence-electron chi connectivity index (χ3n) is 5.89. The molecule has 4 rings (SSSR count). The molecule has 31 heavy (non-hydrogen) atoms. The summed E-state index contributed by atoms with van der Waals surface area (Å²) in [6.07, 6.45) is 2.03. The number of hydrogen-bond acceptors (Lipinski definition) is 4. The van der Waals surface area contributed by atoms with E-state index in [4.69, 9.17) is 4.74 Å². The van der Waals surface area contributed by atoms with E-state index in [1.54, 1.807) is 17.0 Å². The Kier molecular flexibility index (Phi) is 6.68. The van der Waals surface area contributed by atoms with Crippen molar-refractivity contribution in [1.29, 1.82) is 0 Å². The van der Waals surface area contributed by atoms with Crippen molar-refractivity contribution in [2.45, 2.75) is 52.0 Å². The van der Waals surface area contributed by atoms with Crippen LogP contribution in [0.3, 0.4) is 0 Å². The molecule has 6 heteroatoms. The lowest BCUT2D eigenvalue weighted by Crippen LogP contribution is -2.44.